The molecule has 0 unspecified atom stereocenters. The number of nitrogens with zero attached hydrogens (tertiary/aromatic N) is 4. The summed E-state index contributed by atoms with van der Waals surface area (Å²) >= 11 is 7.60. The summed E-state index contributed by atoms with van der Waals surface area (Å²) in [6.45, 7) is 1.93. The first-order valence-corrected chi connectivity index (χ1v) is 8.64. The lowest BCUT2D eigenvalue weighted by molar-refractivity contribution is 0.102. The van der Waals surface area contributed by atoms with E-state index in [0.29, 0.717) is 16.3 Å². The van der Waals surface area contributed by atoms with Crippen molar-refractivity contribution < 1.29 is 4.79 Å². The van der Waals surface area contributed by atoms with Crippen LogP contribution >= 0.6 is 22.9 Å². The van der Waals surface area contributed by atoms with Crippen LogP contribution in [0.25, 0.3) is 15.5 Å². The van der Waals surface area contributed by atoms with Crippen molar-refractivity contribution in [3.05, 3.63) is 64.9 Å². The van der Waals surface area contributed by atoms with Crippen LogP contribution in [-0.2, 0) is 0 Å². The molecular weight excluding hydrogens is 358 g/mol. The van der Waals surface area contributed by atoms with Crippen molar-refractivity contribution in [3.63, 3.8) is 0 Å². The van der Waals surface area contributed by atoms with Crippen LogP contribution in [0.5, 0.6) is 0 Å². The Balaban J connectivity index is 1.61. The monoisotopic (exact) mass is 369 g/mol. The second kappa shape index (κ2) is 6.27. The number of halogens is 1. The number of hydrogen-bond donors (Lipinski definition) is 1. The SMILES string of the molecule is Cc1ccc(C(=O)Nc2cccc(-c3nn4cnnc4s3)c2)c(Cl)c1. The van der Waals surface area contributed by atoms with Crippen LogP contribution in [0, 0.1) is 6.92 Å². The van der Waals surface area contributed by atoms with Crippen LogP contribution in [0.15, 0.2) is 48.8 Å². The number of anilines is 1. The number of nitrogens with one attached hydrogen (secondary N) is 1. The van der Waals surface area contributed by atoms with E-state index in [-0.39, 0.29) is 5.91 Å². The van der Waals surface area contributed by atoms with Gasteiger partial charge in [-0.1, -0.05) is 41.1 Å². The highest BCUT2D eigenvalue weighted by Crippen LogP contribution is 2.27. The minimum Gasteiger partial charge on any atom is -0.322 e. The molecule has 2 aromatic heterocycles. The van der Waals surface area contributed by atoms with E-state index < -0.39 is 0 Å². The van der Waals surface area contributed by atoms with Gasteiger partial charge < -0.3 is 5.32 Å². The molecule has 0 saturated heterocycles. The molecule has 6 nitrogen and oxygen atoms in total. The van der Waals surface area contributed by atoms with E-state index in [1.54, 1.807) is 23.0 Å². The van der Waals surface area contributed by atoms with Crippen molar-refractivity contribution in [1.82, 2.24) is 19.8 Å². The van der Waals surface area contributed by atoms with E-state index in [1.165, 1.54) is 11.3 Å². The van der Waals surface area contributed by atoms with E-state index >= 15 is 0 Å². The maximum atomic E-state index is 12.5. The number of fused-ring (bicyclic) bond motifs is 1. The first-order valence-electron chi connectivity index (χ1n) is 7.45. The number of carbonyl (C=O) groups excluding carboxylic acids is 1. The first kappa shape index (κ1) is 15.7. The van der Waals surface area contributed by atoms with Gasteiger partial charge in [-0.2, -0.15) is 9.61 Å². The van der Waals surface area contributed by atoms with Gasteiger partial charge in [0.15, 0.2) is 0 Å². The third kappa shape index (κ3) is 3.11. The van der Waals surface area contributed by atoms with Gasteiger partial charge in [-0.15, -0.1) is 10.2 Å². The van der Waals surface area contributed by atoms with Gasteiger partial charge in [-0.05, 0) is 36.8 Å². The largest absolute Gasteiger partial charge is 0.322 e. The number of aromatic nitrogens is 4. The standard InChI is InChI=1S/C17H12ClN5OS/c1-10-5-6-13(14(18)7-10)15(24)20-12-4-2-3-11(8-12)16-22-23-9-19-21-17(23)25-16/h2-9H,1H3,(H,20,24). The molecule has 2 heterocycles. The Kier molecular flexibility index (Phi) is 3.95. The third-order valence-corrected chi connectivity index (χ3v) is 4.90. The molecule has 4 aromatic rings. The van der Waals surface area contributed by atoms with Gasteiger partial charge in [0.1, 0.15) is 11.3 Å². The fourth-order valence-electron chi connectivity index (χ4n) is 2.41. The van der Waals surface area contributed by atoms with Gasteiger partial charge >= 0.3 is 0 Å². The summed E-state index contributed by atoms with van der Waals surface area (Å²) in [4.78, 5) is 13.2. The van der Waals surface area contributed by atoms with Crippen molar-refractivity contribution in [3.8, 4) is 10.6 Å². The molecule has 1 amide bonds. The summed E-state index contributed by atoms with van der Waals surface area (Å²) in [6.07, 6.45) is 1.56. The van der Waals surface area contributed by atoms with Crippen LogP contribution < -0.4 is 5.32 Å². The molecule has 0 spiro atoms. The molecule has 124 valence electrons. The molecule has 2 aromatic carbocycles. The zero-order chi connectivity index (χ0) is 17.4. The molecule has 25 heavy (non-hydrogen) atoms. The Labute approximate surface area is 152 Å². The van der Waals surface area contributed by atoms with Crippen molar-refractivity contribution in [2.75, 3.05) is 5.32 Å². The number of aryl methyl sites for hydroxylation is 1. The Hall–Kier alpha value is -2.77. The number of hydrogen-bond acceptors (Lipinski definition) is 5. The second-order valence-corrected chi connectivity index (χ2v) is 6.85. The minimum atomic E-state index is -0.250. The number of benzene rings is 2. The van der Waals surface area contributed by atoms with Crippen LogP contribution in [0.1, 0.15) is 15.9 Å². The van der Waals surface area contributed by atoms with Gasteiger partial charge in [0.2, 0.25) is 4.96 Å². The summed E-state index contributed by atoms with van der Waals surface area (Å²) in [6, 6.07) is 12.8. The van der Waals surface area contributed by atoms with Crippen molar-refractivity contribution in [2.24, 2.45) is 0 Å². The van der Waals surface area contributed by atoms with Crippen molar-refractivity contribution in [2.45, 2.75) is 6.92 Å². The van der Waals surface area contributed by atoms with Gasteiger partial charge in [0, 0.05) is 11.3 Å². The number of carbonyl (C=O) groups is 1. The van der Waals surface area contributed by atoms with Crippen LogP contribution in [0.3, 0.4) is 0 Å². The summed E-state index contributed by atoms with van der Waals surface area (Å²) < 4.78 is 1.62. The van der Waals surface area contributed by atoms with E-state index in [0.717, 1.165) is 21.1 Å². The quantitative estimate of drug-likeness (QED) is 0.591. The molecule has 0 fully saturated rings. The van der Waals surface area contributed by atoms with Gasteiger partial charge in [0.05, 0.1) is 10.6 Å². The molecular formula is C17H12ClN5OS. The van der Waals surface area contributed by atoms with Crippen LogP contribution in [-0.4, -0.2) is 25.7 Å². The highest BCUT2D eigenvalue weighted by atomic mass is 35.5. The first-order chi connectivity index (χ1) is 12.1. The van der Waals surface area contributed by atoms with E-state index in [4.69, 9.17) is 11.6 Å². The zero-order valence-corrected chi connectivity index (χ0v) is 14.7. The summed E-state index contributed by atoms with van der Waals surface area (Å²) in [5.74, 6) is -0.250. The maximum Gasteiger partial charge on any atom is 0.257 e. The minimum absolute atomic E-state index is 0.250. The molecule has 0 aliphatic rings. The van der Waals surface area contributed by atoms with Crippen molar-refractivity contribution >= 4 is 39.5 Å². The molecule has 1 N–H and O–H groups in total. The topological polar surface area (TPSA) is 72.2 Å². The second-order valence-electron chi connectivity index (χ2n) is 5.48. The molecule has 0 bridgehead atoms. The van der Waals surface area contributed by atoms with Crippen LogP contribution in [0.2, 0.25) is 5.02 Å². The average molecular weight is 370 g/mol. The van der Waals surface area contributed by atoms with E-state index in [1.807, 2.05) is 37.3 Å². The van der Waals surface area contributed by atoms with Crippen LogP contribution in [0.4, 0.5) is 5.69 Å². The normalized spacial score (nSPS) is 11.0. The van der Waals surface area contributed by atoms with Gasteiger partial charge in [-0.3, -0.25) is 4.79 Å². The molecule has 0 saturated carbocycles. The summed E-state index contributed by atoms with van der Waals surface area (Å²) in [5, 5.41) is 16.3. The highest BCUT2D eigenvalue weighted by Gasteiger charge is 2.12. The van der Waals surface area contributed by atoms with Gasteiger partial charge in [0.25, 0.3) is 5.91 Å². The maximum absolute atomic E-state index is 12.5. The smallest absolute Gasteiger partial charge is 0.257 e. The Bertz CT molecular complexity index is 1060. The fraction of sp³-hybridized carbons (Fsp3) is 0.0588. The molecule has 8 heteroatoms. The average Bonchev–Trinajstić information content (AvgIpc) is 3.16. The fourth-order valence-corrected chi connectivity index (χ4v) is 3.55. The molecule has 4 rings (SSSR count). The van der Waals surface area contributed by atoms with Gasteiger partial charge in [-0.25, -0.2) is 0 Å². The van der Waals surface area contributed by atoms with Crippen molar-refractivity contribution in [1.29, 1.82) is 0 Å². The molecule has 0 atom stereocenters. The lowest BCUT2D eigenvalue weighted by atomic mass is 10.1. The number of amides is 1. The Morgan fingerprint density at radius 3 is 2.92 bits per heavy atom. The molecule has 0 radical (unpaired) electrons. The summed E-state index contributed by atoms with van der Waals surface area (Å²) in [7, 11) is 0. The predicted molar refractivity (Wildman–Crippen MR) is 98.2 cm³/mol. The Morgan fingerprint density at radius 1 is 1.24 bits per heavy atom. The zero-order valence-electron chi connectivity index (χ0n) is 13.1. The van der Waals surface area contributed by atoms with E-state index in [9.17, 15) is 4.79 Å². The lowest BCUT2D eigenvalue weighted by Gasteiger charge is -2.08. The Morgan fingerprint density at radius 2 is 2.12 bits per heavy atom. The molecule has 0 aliphatic heterocycles. The summed E-state index contributed by atoms with van der Waals surface area (Å²) in [5.41, 5.74) is 3.01. The third-order valence-electron chi connectivity index (χ3n) is 3.62. The predicted octanol–water partition coefficient (Wildman–Crippen LogP) is 4.07. The lowest BCUT2D eigenvalue weighted by Crippen LogP contribution is -2.12. The highest BCUT2D eigenvalue weighted by molar-refractivity contribution is 7.19. The van der Waals surface area contributed by atoms with E-state index in [2.05, 4.69) is 20.6 Å². The number of rotatable bonds is 3. The molecule has 0 aliphatic carbocycles.